The third-order valence-electron chi connectivity index (χ3n) is 2.42. The minimum Gasteiger partial charge on any atom is -0.391 e. The van der Waals surface area contributed by atoms with Crippen LogP contribution in [0.15, 0.2) is 11.4 Å². The lowest BCUT2D eigenvalue weighted by atomic mass is 10.0. The highest BCUT2D eigenvalue weighted by molar-refractivity contribution is 7.10. The lowest BCUT2D eigenvalue weighted by molar-refractivity contribution is -0.119. The van der Waals surface area contributed by atoms with Gasteiger partial charge in [-0.15, -0.1) is 11.3 Å². The second kappa shape index (κ2) is 6.70. The van der Waals surface area contributed by atoms with Gasteiger partial charge in [-0.25, -0.2) is 0 Å². The monoisotopic (exact) mass is 259 g/mol. The molecule has 17 heavy (non-hydrogen) atoms. The smallest absolute Gasteiger partial charge is 0.216 e. The number of hydrogen-bond donors (Lipinski definition) is 4. The number of aliphatic hydroxyl groups is 3. The van der Waals surface area contributed by atoms with Crippen molar-refractivity contribution in [3.63, 3.8) is 0 Å². The van der Waals surface area contributed by atoms with E-state index in [4.69, 9.17) is 5.11 Å². The fourth-order valence-corrected chi connectivity index (χ4v) is 2.28. The van der Waals surface area contributed by atoms with E-state index in [1.54, 1.807) is 11.4 Å². The zero-order valence-corrected chi connectivity index (χ0v) is 10.4. The van der Waals surface area contributed by atoms with Crippen LogP contribution < -0.4 is 5.32 Å². The molecule has 0 saturated carbocycles. The maximum absolute atomic E-state index is 10.6. The van der Waals surface area contributed by atoms with E-state index < -0.39 is 12.2 Å². The van der Waals surface area contributed by atoms with Crippen LogP contribution in [0, 0.1) is 0 Å². The highest BCUT2D eigenvalue weighted by Crippen LogP contribution is 2.26. The summed E-state index contributed by atoms with van der Waals surface area (Å²) in [5, 5.41) is 33.0. The molecule has 0 spiro atoms. The van der Waals surface area contributed by atoms with E-state index in [2.05, 4.69) is 5.32 Å². The van der Waals surface area contributed by atoms with Crippen LogP contribution in [0.4, 0.5) is 0 Å². The maximum atomic E-state index is 10.6. The molecule has 0 aromatic carbocycles. The number of thiophene rings is 1. The highest BCUT2D eigenvalue weighted by atomic mass is 32.1. The summed E-state index contributed by atoms with van der Waals surface area (Å²) >= 11 is 1.33. The zero-order chi connectivity index (χ0) is 12.8. The van der Waals surface area contributed by atoms with Crippen LogP contribution in [0.25, 0.3) is 0 Å². The first-order valence-corrected chi connectivity index (χ1v) is 6.22. The molecule has 6 heteroatoms. The van der Waals surface area contributed by atoms with E-state index in [0.29, 0.717) is 17.0 Å². The summed E-state index contributed by atoms with van der Waals surface area (Å²) in [6, 6.07) is 1.68. The molecule has 1 amide bonds. The van der Waals surface area contributed by atoms with Gasteiger partial charge in [-0.3, -0.25) is 4.79 Å². The lowest BCUT2D eigenvalue weighted by Crippen LogP contribution is -2.27. The van der Waals surface area contributed by atoms with Crippen LogP contribution in [0.3, 0.4) is 0 Å². The number of nitrogens with one attached hydrogen (secondary N) is 1. The molecule has 1 heterocycles. The molecule has 1 aromatic heterocycles. The van der Waals surface area contributed by atoms with Crippen LogP contribution in [-0.4, -0.2) is 33.9 Å². The van der Waals surface area contributed by atoms with E-state index >= 15 is 0 Å². The van der Waals surface area contributed by atoms with Crippen molar-refractivity contribution in [3.8, 4) is 0 Å². The van der Waals surface area contributed by atoms with Crippen LogP contribution in [0.1, 0.15) is 29.9 Å². The summed E-state index contributed by atoms with van der Waals surface area (Å²) in [6.07, 6.45) is -1.72. The number of amides is 1. The summed E-state index contributed by atoms with van der Waals surface area (Å²) in [4.78, 5) is 11.3. The number of rotatable bonds is 6. The molecule has 2 atom stereocenters. The van der Waals surface area contributed by atoms with Gasteiger partial charge in [-0.2, -0.15) is 0 Å². The molecule has 0 aliphatic carbocycles. The van der Waals surface area contributed by atoms with Gasteiger partial charge in [0.1, 0.15) is 6.10 Å². The minimum absolute atomic E-state index is 0.150. The molecular formula is C11H17NO4S. The topological polar surface area (TPSA) is 89.8 Å². The average molecular weight is 259 g/mol. The van der Waals surface area contributed by atoms with Crippen molar-refractivity contribution in [1.29, 1.82) is 0 Å². The Morgan fingerprint density at radius 1 is 1.53 bits per heavy atom. The molecule has 0 saturated heterocycles. The largest absolute Gasteiger partial charge is 0.391 e. The third-order valence-corrected chi connectivity index (χ3v) is 3.34. The van der Waals surface area contributed by atoms with Crippen LogP contribution in [-0.2, 0) is 11.4 Å². The number of hydrogen-bond acceptors (Lipinski definition) is 5. The fourth-order valence-electron chi connectivity index (χ4n) is 1.50. The molecule has 1 rings (SSSR count). The number of carbonyl (C=O) groups excluding carboxylic acids is 1. The van der Waals surface area contributed by atoms with Gasteiger partial charge in [0.25, 0.3) is 0 Å². The first-order chi connectivity index (χ1) is 8.06. The third kappa shape index (κ3) is 4.08. The molecule has 96 valence electrons. The number of aliphatic hydroxyl groups excluding tert-OH is 3. The van der Waals surface area contributed by atoms with Gasteiger partial charge in [0, 0.05) is 18.3 Å². The number of carbonyl (C=O) groups is 1. The van der Waals surface area contributed by atoms with Crippen LogP contribution in [0.5, 0.6) is 0 Å². The van der Waals surface area contributed by atoms with Gasteiger partial charge >= 0.3 is 0 Å². The van der Waals surface area contributed by atoms with Gasteiger partial charge in [-0.05, 0) is 23.4 Å². The van der Waals surface area contributed by atoms with Crippen molar-refractivity contribution in [2.24, 2.45) is 0 Å². The average Bonchev–Trinajstić information content (AvgIpc) is 2.75. The van der Waals surface area contributed by atoms with Crippen molar-refractivity contribution in [3.05, 3.63) is 21.9 Å². The standard InChI is InChI=1S/C11H17NO4S/c1-7(14)12-4-2-9(15)11(16)8-3-5-17-10(8)6-13/h3,5,9,11,13,15-16H,2,4,6H2,1H3,(H,12,14). The Bertz CT molecular complexity index is 366. The Hall–Kier alpha value is -0.950. The van der Waals surface area contributed by atoms with Gasteiger partial charge in [0.15, 0.2) is 0 Å². The van der Waals surface area contributed by atoms with Crippen molar-refractivity contribution >= 4 is 17.2 Å². The summed E-state index contributed by atoms with van der Waals surface area (Å²) in [5.74, 6) is -0.168. The zero-order valence-electron chi connectivity index (χ0n) is 9.59. The second-order valence-electron chi connectivity index (χ2n) is 3.74. The second-order valence-corrected chi connectivity index (χ2v) is 4.74. The first kappa shape index (κ1) is 14.1. The van der Waals surface area contributed by atoms with Crippen molar-refractivity contribution in [1.82, 2.24) is 5.32 Å². The SMILES string of the molecule is CC(=O)NCCC(O)C(O)c1ccsc1CO. The summed E-state index contributed by atoms with van der Waals surface area (Å²) < 4.78 is 0. The molecular weight excluding hydrogens is 242 g/mol. The Labute approximate surface area is 104 Å². The predicted molar refractivity (Wildman–Crippen MR) is 64.5 cm³/mol. The Morgan fingerprint density at radius 2 is 2.24 bits per heavy atom. The molecule has 1 aromatic rings. The van der Waals surface area contributed by atoms with E-state index in [1.807, 2.05) is 0 Å². The van der Waals surface area contributed by atoms with E-state index in [-0.39, 0.29) is 18.9 Å². The Morgan fingerprint density at radius 3 is 2.82 bits per heavy atom. The minimum atomic E-state index is -1.03. The van der Waals surface area contributed by atoms with Gasteiger partial charge in [-0.1, -0.05) is 0 Å². The van der Waals surface area contributed by atoms with Gasteiger partial charge in [0.2, 0.25) is 5.91 Å². The molecule has 0 fully saturated rings. The summed E-state index contributed by atoms with van der Waals surface area (Å²) in [5.41, 5.74) is 0.549. The Kier molecular flexibility index (Phi) is 5.57. The summed E-state index contributed by atoms with van der Waals surface area (Å²) in [7, 11) is 0. The van der Waals surface area contributed by atoms with E-state index in [1.165, 1.54) is 18.3 Å². The van der Waals surface area contributed by atoms with Gasteiger partial charge < -0.3 is 20.6 Å². The maximum Gasteiger partial charge on any atom is 0.216 e. The van der Waals surface area contributed by atoms with Crippen molar-refractivity contribution in [2.75, 3.05) is 6.54 Å². The van der Waals surface area contributed by atoms with Crippen molar-refractivity contribution < 1.29 is 20.1 Å². The highest BCUT2D eigenvalue weighted by Gasteiger charge is 2.21. The van der Waals surface area contributed by atoms with Crippen LogP contribution in [0.2, 0.25) is 0 Å². The molecule has 4 N–H and O–H groups in total. The molecule has 0 aliphatic rings. The molecule has 0 bridgehead atoms. The van der Waals surface area contributed by atoms with E-state index in [0.717, 1.165) is 0 Å². The predicted octanol–water partition coefficient (Wildman–Crippen LogP) is 0.161. The molecule has 0 aliphatic heterocycles. The first-order valence-electron chi connectivity index (χ1n) is 5.34. The molecule has 2 unspecified atom stereocenters. The molecule has 5 nitrogen and oxygen atoms in total. The molecule has 0 radical (unpaired) electrons. The quantitative estimate of drug-likeness (QED) is 0.586. The lowest BCUT2D eigenvalue weighted by Gasteiger charge is -2.18. The van der Waals surface area contributed by atoms with Crippen LogP contribution >= 0.6 is 11.3 Å². The van der Waals surface area contributed by atoms with E-state index in [9.17, 15) is 15.0 Å². The van der Waals surface area contributed by atoms with Gasteiger partial charge in [0.05, 0.1) is 12.7 Å². The normalized spacial score (nSPS) is 14.4. The fraction of sp³-hybridized carbons (Fsp3) is 0.545. The Balaban J connectivity index is 2.51. The summed E-state index contributed by atoms with van der Waals surface area (Å²) in [6.45, 7) is 1.56. The van der Waals surface area contributed by atoms with Crippen molar-refractivity contribution in [2.45, 2.75) is 32.2 Å².